The Morgan fingerprint density at radius 3 is 3.13 bits per heavy atom. The van der Waals surface area contributed by atoms with E-state index in [4.69, 9.17) is 5.11 Å². The van der Waals surface area contributed by atoms with Crippen molar-refractivity contribution in [1.82, 2.24) is 9.97 Å². The lowest BCUT2D eigenvalue weighted by Gasteiger charge is -1.96. The van der Waals surface area contributed by atoms with E-state index in [1.54, 1.807) is 11.3 Å². The Hall–Kier alpha value is -1.20. The number of aryl methyl sites for hydroxylation is 2. The molecule has 2 aromatic heterocycles. The minimum Gasteiger partial charge on any atom is -0.388 e. The summed E-state index contributed by atoms with van der Waals surface area (Å²) in [7, 11) is 0. The van der Waals surface area contributed by atoms with E-state index in [2.05, 4.69) is 9.97 Å². The molecule has 0 saturated heterocycles. The zero-order chi connectivity index (χ0) is 10.4. The average molecular weight is 222 g/mol. The van der Waals surface area contributed by atoms with Crippen LogP contribution in [0.3, 0.4) is 0 Å². The van der Waals surface area contributed by atoms with E-state index in [1.165, 1.54) is 10.4 Å². The van der Waals surface area contributed by atoms with Crippen LogP contribution in [0.1, 0.15) is 22.7 Å². The molecule has 2 N–H and O–H groups in total. The second kappa shape index (κ2) is 3.15. The number of aromatic nitrogens is 2. The average Bonchev–Trinajstić information content (AvgIpc) is 2.75. The maximum absolute atomic E-state index is 11.8. The van der Waals surface area contributed by atoms with Gasteiger partial charge < -0.3 is 10.1 Å². The van der Waals surface area contributed by atoms with Gasteiger partial charge in [0.05, 0.1) is 5.39 Å². The quantitative estimate of drug-likeness (QED) is 0.755. The number of aliphatic hydroxyl groups is 1. The van der Waals surface area contributed by atoms with E-state index < -0.39 is 0 Å². The molecule has 0 unspecified atom stereocenters. The summed E-state index contributed by atoms with van der Waals surface area (Å²) >= 11 is 1.59. The van der Waals surface area contributed by atoms with E-state index in [0.29, 0.717) is 5.82 Å². The van der Waals surface area contributed by atoms with Gasteiger partial charge in [0, 0.05) is 4.88 Å². The van der Waals surface area contributed by atoms with Crippen LogP contribution in [-0.4, -0.2) is 15.1 Å². The van der Waals surface area contributed by atoms with Crippen LogP contribution >= 0.6 is 11.3 Å². The molecule has 0 spiro atoms. The molecule has 15 heavy (non-hydrogen) atoms. The molecule has 0 aliphatic heterocycles. The number of nitrogens with one attached hydrogen (secondary N) is 1. The lowest BCUT2D eigenvalue weighted by atomic mass is 10.2. The maximum atomic E-state index is 11.8. The summed E-state index contributed by atoms with van der Waals surface area (Å²) in [6, 6.07) is 0. The Labute approximate surface area is 89.6 Å². The fraction of sp³-hybridized carbons (Fsp3) is 0.400. The Morgan fingerprint density at radius 1 is 1.47 bits per heavy atom. The maximum Gasteiger partial charge on any atom is 0.260 e. The minimum absolute atomic E-state index is 0.108. The monoisotopic (exact) mass is 222 g/mol. The van der Waals surface area contributed by atoms with Gasteiger partial charge in [-0.1, -0.05) is 0 Å². The lowest BCUT2D eigenvalue weighted by Crippen LogP contribution is -2.11. The molecule has 0 aromatic carbocycles. The molecule has 0 radical (unpaired) electrons. The highest BCUT2D eigenvalue weighted by molar-refractivity contribution is 7.18. The molecular formula is C10H10N2O2S. The third-order valence-corrected chi connectivity index (χ3v) is 3.96. The number of thiophene rings is 1. The molecule has 78 valence electrons. The van der Waals surface area contributed by atoms with Crippen LogP contribution in [0.4, 0.5) is 0 Å². The number of fused-ring (bicyclic) bond motifs is 3. The summed E-state index contributed by atoms with van der Waals surface area (Å²) < 4.78 is 0. The van der Waals surface area contributed by atoms with Crippen molar-refractivity contribution in [2.24, 2.45) is 0 Å². The van der Waals surface area contributed by atoms with Crippen LogP contribution in [0.25, 0.3) is 10.2 Å². The number of nitrogens with zero attached hydrogens (tertiary/aromatic N) is 1. The summed E-state index contributed by atoms with van der Waals surface area (Å²) in [5.41, 5.74) is 1.07. The lowest BCUT2D eigenvalue weighted by molar-refractivity contribution is 0.271. The van der Waals surface area contributed by atoms with E-state index in [1.807, 2.05) is 0 Å². The molecule has 3 rings (SSSR count). The van der Waals surface area contributed by atoms with Gasteiger partial charge in [0.15, 0.2) is 0 Å². The van der Waals surface area contributed by atoms with Crippen molar-refractivity contribution in [3.05, 3.63) is 26.6 Å². The Kier molecular flexibility index (Phi) is 1.90. The van der Waals surface area contributed by atoms with E-state index in [9.17, 15) is 4.79 Å². The van der Waals surface area contributed by atoms with Gasteiger partial charge in [-0.15, -0.1) is 11.3 Å². The van der Waals surface area contributed by atoms with Crippen LogP contribution in [0.2, 0.25) is 0 Å². The van der Waals surface area contributed by atoms with E-state index in [-0.39, 0.29) is 12.2 Å². The summed E-state index contributed by atoms with van der Waals surface area (Å²) in [6.07, 6.45) is 3.18. The third-order valence-electron chi connectivity index (χ3n) is 2.77. The Morgan fingerprint density at radius 2 is 2.33 bits per heavy atom. The van der Waals surface area contributed by atoms with Crippen LogP contribution in [0.15, 0.2) is 4.79 Å². The fourth-order valence-corrected chi connectivity index (χ4v) is 3.40. The standard InChI is InChI=1S/C10H10N2O2S/c13-4-7-11-9(14)8-5-2-1-3-6(5)15-10(8)12-7/h13H,1-4H2,(H,11,12,14). The molecule has 2 heterocycles. The van der Waals surface area contributed by atoms with Crippen molar-refractivity contribution in [2.45, 2.75) is 25.9 Å². The first-order chi connectivity index (χ1) is 7.29. The molecule has 0 bridgehead atoms. The first-order valence-corrected chi connectivity index (χ1v) is 5.75. The van der Waals surface area contributed by atoms with Gasteiger partial charge in [-0.2, -0.15) is 0 Å². The van der Waals surface area contributed by atoms with Crippen LogP contribution < -0.4 is 5.56 Å². The van der Waals surface area contributed by atoms with Gasteiger partial charge in [0.1, 0.15) is 17.3 Å². The van der Waals surface area contributed by atoms with Crippen molar-refractivity contribution >= 4 is 21.6 Å². The van der Waals surface area contributed by atoms with Gasteiger partial charge in [-0.3, -0.25) is 4.79 Å². The number of aromatic amines is 1. The highest BCUT2D eigenvalue weighted by atomic mass is 32.1. The molecular weight excluding hydrogens is 212 g/mol. The van der Waals surface area contributed by atoms with Crippen LogP contribution in [0, 0.1) is 0 Å². The number of H-pyrrole nitrogens is 1. The van der Waals surface area contributed by atoms with Gasteiger partial charge in [-0.25, -0.2) is 4.98 Å². The predicted octanol–water partition coefficient (Wildman–Crippen LogP) is 0.966. The van der Waals surface area contributed by atoms with Crippen molar-refractivity contribution < 1.29 is 5.11 Å². The summed E-state index contributed by atoms with van der Waals surface area (Å²) in [5.74, 6) is 0.354. The molecule has 0 saturated carbocycles. The zero-order valence-electron chi connectivity index (χ0n) is 8.04. The second-order valence-corrected chi connectivity index (χ2v) is 4.79. The first kappa shape index (κ1) is 9.06. The van der Waals surface area contributed by atoms with Gasteiger partial charge in [0.2, 0.25) is 0 Å². The zero-order valence-corrected chi connectivity index (χ0v) is 8.86. The largest absolute Gasteiger partial charge is 0.388 e. The normalized spacial score (nSPS) is 14.7. The number of aliphatic hydroxyl groups excluding tert-OH is 1. The Bertz CT molecular complexity index is 585. The smallest absolute Gasteiger partial charge is 0.260 e. The SMILES string of the molecule is O=c1[nH]c(CO)nc2sc3c(c12)CCC3. The summed E-state index contributed by atoms with van der Waals surface area (Å²) in [6.45, 7) is -0.215. The first-order valence-electron chi connectivity index (χ1n) is 4.94. The number of hydrogen-bond acceptors (Lipinski definition) is 4. The molecule has 1 aliphatic rings. The number of rotatable bonds is 1. The molecule has 0 atom stereocenters. The van der Waals surface area contributed by atoms with Gasteiger partial charge >= 0.3 is 0 Å². The minimum atomic E-state index is -0.215. The van der Waals surface area contributed by atoms with E-state index in [0.717, 1.165) is 29.5 Å². The predicted molar refractivity (Wildman–Crippen MR) is 58.2 cm³/mol. The van der Waals surface area contributed by atoms with Crippen molar-refractivity contribution in [3.8, 4) is 0 Å². The third kappa shape index (κ3) is 1.23. The van der Waals surface area contributed by atoms with E-state index >= 15 is 0 Å². The second-order valence-electron chi connectivity index (χ2n) is 3.71. The molecule has 4 nitrogen and oxygen atoms in total. The molecule has 0 fully saturated rings. The van der Waals surface area contributed by atoms with Crippen molar-refractivity contribution in [3.63, 3.8) is 0 Å². The van der Waals surface area contributed by atoms with Crippen molar-refractivity contribution in [2.75, 3.05) is 0 Å². The summed E-state index contributed by atoms with van der Waals surface area (Å²) in [4.78, 5) is 20.7. The van der Waals surface area contributed by atoms with Gasteiger partial charge in [-0.05, 0) is 24.8 Å². The highest BCUT2D eigenvalue weighted by Crippen LogP contribution is 2.34. The topological polar surface area (TPSA) is 66.0 Å². The summed E-state index contributed by atoms with van der Waals surface area (Å²) in [5, 5.41) is 9.68. The highest BCUT2D eigenvalue weighted by Gasteiger charge is 2.20. The van der Waals surface area contributed by atoms with Crippen LogP contribution in [-0.2, 0) is 19.4 Å². The Balaban J connectivity index is 2.39. The molecule has 5 heteroatoms. The van der Waals surface area contributed by atoms with Crippen LogP contribution in [0.5, 0.6) is 0 Å². The molecule has 0 amide bonds. The number of hydrogen-bond donors (Lipinski definition) is 2. The van der Waals surface area contributed by atoms with Crippen molar-refractivity contribution in [1.29, 1.82) is 0 Å². The molecule has 2 aromatic rings. The van der Waals surface area contributed by atoms with Gasteiger partial charge in [0.25, 0.3) is 5.56 Å². The molecule has 1 aliphatic carbocycles. The fourth-order valence-electron chi connectivity index (χ4n) is 2.12.